The topological polar surface area (TPSA) is 167 Å². The van der Waals surface area contributed by atoms with E-state index in [1.54, 1.807) is 0 Å². The zero-order chi connectivity index (χ0) is 21.3. The summed E-state index contributed by atoms with van der Waals surface area (Å²) in [7, 11) is 2.78. The predicted molar refractivity (Wildman–Crippen MR) is 101 cm³/mol. The van der Waals surface area contributed by atoms with Gasteiger partial charge in [-0.1, -0.05) is 0 Å². The summed E-state index contributed by atoms with van der Waals surface area (Å²) in [6, 6.07) is 3.36. The number of hydrazone groups is 1. The molecule has 150 valence electrons. The Bertz CT molecular complexity index is 1280. The van der Waals surface area contributed by atoms with E-state index in [1.165, 1.54) is 29.6 Å². The number of amides is 1. The molecule has 0 aliphatic heterocycles. The van der Waals surface area contributed by atoms with Crippen molar-refractivity contribution >= 4 is 29.0 Å². The largest absolute Gasteiger partial charge is 0.507 e. The molecule has 13 heteroatoms. The number of nitro groups is 1. The van der Waals surface area contributed by atoms with Crippen molar-refractivity contribution in [2.75, 3.05) is 0 Å². The SMILES string of the molecule is Cn1c(=O)c2ncn(CC(=O)N/N=C\c3cc([N+](=O)[O-])ccc3O)c2n(C)c1=O. The summed E-state index contributed by atoms with van der Waals surface area (Å²) in [5.41, 5.74) is 1.05. The van der Waals surface area contributed by atoms with Crippen molar-refractivity contribution in [2.24, 2.45) is 19.2 Å². The second-order valence-corrected chi connectivity index (χ2v) is 6.04. The second-order valence-electron chi connectivity index (χ2n) is 6.04. The molecule has 2 aromatic heterocycles. The van der Waals surface area contributed by atoms with Crippen LogP contribution < -0.4 is 16.7 Å². The molecule has 29 heavy (non-hydrogen) atoms. The molecule has 0 aliphatic rings. The second kappa shape index (κ2) is 7.38. The Hall–Kier alpha value is -4.29. The lowest BCUT2D eigenvalue weighted by Gasteiger charge is -2.07. The highest BCUT2D eigenvalue weighted by atomic mass is 16.6. The van der Waals surface area contributed by atoms with Gasteiger partial charge in [-0.05, 0) is 6.07 Å². The van der Waals surface area contributed by atoms with E-state index in [1.807, 2.05) is 0 Å². The maximum atomic E-state index is 12.1. The monoisotopic (exact) mass is 401 g/mol. The Morgan fingerprint density at radius 1 is 1.34 bits per heavy atom. The molecule has 0 unspecified atom stereocenters. The quantitative estimate of drug-likeness (QED) is 0.320. The van der Waals surface area contributed by atoms with Crippen LogP contribution in [-0.4, -0.2) is 40.8 Å². The van der Waals surface area contributed by atoms with Crippen LogP contribution in [-0.2, 0) is 25.4 Å². The van der Waals surface area contributed by atoms with E-state index >= 15 is 0 Å². The van der Waals surface area contributed by atoms with E-state index in [4.69, 9.17) is 0 Å². The number of aryl methyl sites for hydroxylation is 1. The summed E-state index contributed by atoms with van der Waals surface area (Å²) < 4.78 is 3.42. The molecule has 3 rings (SSSR count). The first-order valence-corrected chi connectivity index (χ1v) is 8.11. The van der Waals surface area contributed by atoms with Crippen LogP contribution in [0.3, 0.4) is 0 Å². The van der Waals surface area contributed by atoms with Gasteiger partial charge in [0.25, 0.3) is 17.2 Å². The van der Waals surface area contributed by atoms with Gasteiger partial charge in [0, 0.05) is 31.8 Å². The van der Waals surface area contributed by atoms with E-state index in [0.29, 0.717) is 0 Å². The van der Waals surface area contributed by atoms with Crippen LogP contribution in [0.2, 0.25) is 0 Å². The van der Waals surface area contributed by atoms with Gasteiger partial charge < -0.3 is 9.67 Å². The Morgan fingerprint density at radius 3 is 2.76 bits per heavy atom. The third kappa shape index (κ3) is 3.60. The fraction of sp³-hybridized carbons (Fsp3) is 0.188. The van der Waals surface area contributed by atoms with E-state index in [0.717, 1.165) is 29.0 Å². The molecule has 0 aliphatic carbocycles. The number of nitro benzene ring substituents is 1. The molecular weight excluding hydrogens is 386 g/mol. The minimum absolute atomic E-state index is 0.0346. The first-order valence-electron chi connectivity index (χ1n) is 8.11. The number of carbonyl (C=O) groups is 1. The van der Waals surface area contributed by atoms with Crippen LogP contribution in [0, 0.1) is 10.1 Å². The van der Waals surface area contributed by atoms with Gasteiger partial charge in [-0.25, -0.2) is 15.2 Å². The molecule has 0 radical (unpaired) electrons. The lowest BCUT2D eigenvalue weighted by Crippen LogP contribution is -2.37. The number of imidazole rings is 1. The number of aromatic hydroxyl groups is 1. The normalized spacial score (nSPS) is 11.2. The Labute approximate surface area is 161 Å². The number of aromatic nitrogens is 4. The maximum Gasteiger partial charge on any atom is 0.332 e. The van der Waals surface area contributed by atoms with Crippen LogP contribution >= 0.6 is 0 Å². The summed E-state index contributed by atoms with van der Waals surface area (Å²) in [5.74, 6) is -0.862. The first kappa shape index (κ1) is 19.5. The highest BCUT2D eigenvalue weighted by molar-refractivity contribution is 5.86. The fourth-order valence-corrected chi connectivity index (χ4v) is 2.68. The number of nitrogens with one attached hydrogen (secondary N) is 1. The number of nitrogens with zero attached hydrogens (tertiary/aromatic N) is 6. The van der Waals surface area contributed by atoms with Crippen molar-refractivity contribution in [3.63, 3.8) is 0 Å². The van der Waals surface area contributed by atoms with Crippen molar-refractivity contribution in [1.29, 1.82) is 0 Å². The molecule has 0 saturated carbocycles. The van der Waals surface area contributed by atoms with E-state index in [9.17, 15) is 29.6 Å². The van der Waals surface area contributed by atoms with Gasteiger partial charge in [0.15, 0.2) is 5.52 Å². The highest BCUT2D eigenvalue weighted by Gasteiger charge is 2.15. The zero-order valence-electron chi connectivity index (χ0n) is 15.3. The van der Waals surface area contributed by atoms with E-state index in [-0.39, 0.29) is 34.7 Å². The fourth-order valence-electron chi connectivity index (χ4n) is 2.68. The molecule has 0 saturated heterocycles. The van der Waals surface area contributed by atoms with Crippen LogP contribution in [0.5, 0.6) is 5.75 Å². The van der Waals surface area contributed by atoms with Crippen molar-refractivity contribution in [3.05, 3.63) is 61.0 Å². The average Bonchev–Trinajstić information content (AvgIpc) is 3.09. The number of hydrogen-bond donors (Lipinski definition) is 2. The smallest absolute Gasteiger partial charge is 0.332 e. The average molecular weight is 401 g/mol. The number of phenols is 1. The molecule has 2 heterocycles. The molecule has 2 N–H and O–H groups in total. The van der Waals surface area contributed by atoms with E-state index < -0.39 is 22.1 Å². The lowest BCUT2D eigenvalue weighted by atomic mass is 10.2. The van der Waals surface area contributed by atoms with Gasteiger partial charge in [0.1, 0.15) is 17.9 Å². The minimum atomic E-state index is -0.631. The number of non-ortho nitro benzene ring substituents is 1. The molecule has 13 nitrogen and oxygen atoms in total. The molecule has 3 aromatic rings. The van der Waals surface area contributed by atoms with Gasteiger partial charge in [0.05, 0.1) is 17.5 Å². The molecule has 1 amide bonds. The molecule has 0 bridgehead atoms. The van der Waals surface area contributed by atoms with Crippen LogP contribution in [0.15, 0.2) is 39.2 Å². The third-order valence-corrected chi connectivity index (χ3v) is 4.14. The van der Waals surface area contributed by atoms with Gasteiger partial charge in [0.2, 0.25) is 0 Å². The van der Waals surface area contributed by atoms with Crippen LogP contribution in [0.25, 0.3) is 11.2 Å². The number of benzene rings is 1. The van der Waals surface area contributed by atoms with Crippen LogP contribution in [0.4, 0.5) is 5.69 Å². The molecule has 1 aromatic carbocycles. The van der Waals surface area contributed by atoms with E-state index in [2.05, 4.69) is 15.5 Å². The minimum Gasteiger partial charge on any atom is -0.507 e. The summed E-state index contributed by atoms with van der Waals surface area (Å²) in [5, 5.41) is 24.2. The van der Waals surface area contributed by atoms with Crippen molar-refractivity contribution in [3.8, 4) is 5.75 Å². The number of hydrogen-bond acceptors (Lipinski definition) is 8. The molecule has 0 atom stereocenters. The van der Waals surface area contributed by atoms with Crippen molar-refractivity contribution in [1.82, 2.24) is 24.1 Å². The van der Waals surface area contributed by atoms with Gasteiger partial charge in [-0.3, -0.25) is 28.8 Å². The van der Waals surface area contributed by atoms with Gasteiger partial charge in [-0.2, -0.15) is 5.10 Å². The van der Waals surface area contributed by atoms with Crippen molar-refractivity contribution in [2.45, 2.75) is 6.54 Å². The third-order valence-electron chi connectivity index (χ3n) is 4.14. The molecule has 0 spiro atoms. The highest BCUT2D eigenvalue weighted by Crippen LogP contribution is 2.21. The number of rotatable bonds is 5. The number of carbonyl (C=O) groups excluding carboxylic acids is 1. The maximum absolute atomic E-state index is 12.1. The standard InChI is InChI=1S/C16H15N7O6/c1-20-14-13(15(26)21(2)16(20)27)17-8-22(14)7-12(25)19-18-6-9-5-10(23(28)29)3-4-11(9)24/h3-6,8,24H,7H2,1-2H3,(H,19,25)/b18-6-. The number of fused-ring (bicyclic) bond motifs is 1. The Morgan fingerprint density at radius 2 is 2.07 bits per heavy atom. The summed E-state index contributed by atoms with van der Waals surface area (Å²) in [6.07, 6.45) is 2.30. The Balaban J connectivity index is 1.80. The first-order chi connectivity index (χ1) is 13.7. The predicted octanol–water partition coefficient (Wildman–Crippen LogP) is -0.802. The van der Waals surface area contributed by atoms with Crippen LogP contribution in [0.1, 0.15) is 5.56 Å². The number of phenolic OH excluding ortho intramolecular Hbond substituents is 1. The molecular formula is C16H15N7O6. The molecule has 0 fully saturated rings. The lowest BCUT2D eigenvalue weighted by molar-refractivity contribution is -0.384. The zero-order valence-corrected chi connectivity index (χ0v) is 15.3. The summed E-state index contributed by atoms with van der Waals surface area (Å²) in [6.45, 7) is -0.296. The van der Waals surface area contributed by atoms with Crippen molar-refractivity contribution < 1.29 is 14.8 Å². The van der Waals surface area contributed by atoms with Gasteiger partial charge >= 0.3 is 5.69 Å². The summed E-state index contributed by atoms with van der Waals surface area (Å²) in [4.78, 5) is 50.4. The Kier molecular flexibility index (Phi) is 4.95. The summed E-state index contributed by atoms with van der Waals surface area (Å²) >= 11 is 0. The van der Waals surface area contributed by atoms with Gasteiger partial charge in [-0.15, -0.1) is 0 Å².